The number of imide groups is 1. The Morgan fingerprint density at radius 1 is 1.17 bits per heavy atom. The molecular weight excluding hydrogens is 374 g/mol. The number of hydrogen-bond acceptors (Lipinski definition) is 5. The van der Waals surface area contributed by atoms with Crippen molar-refractivity contribution in [1.29, 1.82) is 0 Å². The summed E-state index contributed by atoms with van der Waals surface area (Å²) in [5.74, 6) is -1.12. The highest BCUT2D eigenvalue weighted by Gasteiger charge is 2.29. The van der Waals surface area contributed by atoms with Crippen LogP contribution in [0, 0.1) is 5.92 Å². The Kier molecular flexibility index (Phi) is 7.94. The van der Waals surface area contributed by atoms with Crippen molar-refractivity contribution < 1.29 is 23.9 Å². The van der Waals surface area contributed by atoms with Gasteiger partial charge in [-0.2, -0.15) is 0 Å². The fourth-order valence-electron chi connectivity index (χ4n) is 2.96. The third kappa shape index (κ3) is 6.74. The number of rotatable bonds is 7. The third-order valence-electron chi connectivity index (χ3n) is 4.45. The van der Waals surface area contributed by atoms with Crippen LogP contribution in [-0.4, -0.2) is 41.9 Å². The third-order valence-corrected chi connectivity index (χ3v) is 4.45. The Morgan fingerprint density at radius 3 is 2.59 bits per heavy atom. The summed E-state index contributed by atoms with van der Waals surface area (Å²) in [6, 6.07) is 6.32. The molecule has 0 aromatic heterocycles. The highest BCUT2D eigenvalue weighted by atomic mass is 16.5. The van der Waals surface area contributed by atoms with Gasteiger partial charge in [0.25, 0.3) is 5.91 Å². The minimum atomic E-state index is -0.715. The van der Waals surface area contributed by atoms with E-state index in [0.717, 1.165) is 17.5 Å². The molecule has 0 fully saturated rings. The molecule has 1 atom stereocenters. The van der Waals surface area contributed by atoms with E-state index in [1.165, 1.54) is 11.8 Å². The number of amides is 4. The summed E-state index contributed by atoms with van der Waals surface area (Å²) in [6.45, 7) is 5.35. The van der Waals surface area contributed by atoms with Crippen LogP contribution in [0.1, 0.15) is 50.8 Å². The molecule has 1 aliphatic heterocycles. The van der Waals surface area contributed by atoms with Gasteiger partial charge in [0, 0.05) is 19.7 Å². The molecule has 0 radical (unpaired) electrons. The molecule has 0 saturated carbocycles. The lowest BCUT2D eigenvalue weighted by atomic mass is 9.94. The van der Waals surface area contributed by atoms with E-state index in [1.807, 2.05) is 44.2 Å². The van der Waals surface area contributed by atoms with E-state index < -0.39 is 30.6 Å². The summed E-state index contributed by atoms with van der Waals surface area (Å²) >= 11 is 0. The van der Waals surface area contributed by atoms with Crippen molar-refractivity contribution in [3.05, 3.63) is 41.6 Å². The van der Waals surface area contributed by atoms with E-state index in [9.17, 15) is 19.2 Å². The van der Waals surface area contributed by atoms with Crippen LogP contribution in [-0.2, 0) is 19.1 Å². The molecule has 8 nitrogen and oxygen atoms in total. The lowest BCUT2D eigenvalue weighted by molar-refractivity contribution is -0.149. The lowest BCUT2D eigenvalue weighted by Gasteiger charge is -2.32. The molecule has 8 heteroatoms. The maximum atomic E-state index is 12.3. The van der Waals surface area contributed by atoms with E-state index in [2.05, 4.69) is 10.6 Å². The van der Waals surface area contributed by atoms with Crippen molar-refractivity contribution >= 4 is 29.9 Å². The number of urea groups is 1. The zero-order valence-corrected chi connectivity index (χ0v) is 16.9. The molecule has 0 bridgehead atoms. The Morgan fingerprint density at radius 2 is 1.90 bits per heavy atom. The maximum Gasteiger partial charge on any atom is 0.321 e. The quantitative estimate of drug-likeness (QED) is 0.683. The van der Waals surface area contributed by atoms with E-state index in [-0.39, 0.29) is 12.3 Å². The molecule has 2 N–H and O–H groups in total. The van der Waals surface area contributed by atoms with Gasteiger partial charge in [0.15, 0.2) is 6.61 Å². The molecule has 1 aromatic carbocycles. The zero-order chi connectivity index (χ0) is 21.4. The highest BCUT2D eigenvalue weighted by Crippen LogP contribution is 2.32. The van der Waals surface area contributed by atoms with Gasteiger partial charge in [0.2, 0.25) is 5.91 Å². The topological polar surface area (TPSA) is 105 Å². The second kappa shape index (κ2) is 10.4. The van der Waals surface area contributed by atoms with Gasteiger partial charge in [-0.1, -0.05) is 38.1 Å². The molecule has 0 unspecified atom stereocenters. The van der Waals surface area contributed by atoms with Crippen molar-refractivity contribution in [3.8, 4) is 0 Å². The summed E-state index contributed by atoms with van der Waals surface area (Å²) in [6.07, 6.45) is 4.14. The predicted molar refractivity (Wildman–Crippen MR) is 107 cm³/mol. The molecule has 1 aliphatic rings. The van der Waals surface area contributed by atoms with Crippen molar-refractivity contribution in [2.24, 2.45) is 5.92 Å². The second-order valence-corrected chi connectivity index (χ2v) is 7.24. The molecule has 0 spiro atoms. The molecule has 1 heterocycles. The van der Waals surface area contributed by atoms with E-state index in [0.29, 0.717) is 12.5 Å². The van der Waals surface area contributed by atoms with Crippen LogP contribution in [0.2, 0.25) is 0 Å². The van der Waals surface area contributed by atoms with Gasteiger partial charge in [0.1, 0.15) is 0 Å². The first-order valence-electron chi connectivity index (χ1n) is 9.57. The summed E-state index contributed by atoms with van der Waals surface area (Å²) in [5.41, 5.74) is 1.75. The van der Waals surface area contributed by atoms with Crippen molar-refractivity contribution in [2.75, 3.05) is 13.2 Å². The number of benzene rings is 1. The highest BCUT2D eigenvalue weighted by molar-refractivity contribution is 5.95. The molecule has 0 saturated heterocycles. The van der Waals surface area contributed by atoms with Crippen LogP contribution in [0.3, 0.4) is 0 Å². The molecule has 0 aliphatic carbocycles. The molecule has 1 aromatic rings. The van der Waals surface area contributed by atoms with Crippen LogP contribution in [0.4, 0.5) is 4.79 Å². The Bertz CT molecular complexity index is 803. The number of hydrogen-bond donors (Lipinski definition) is 2. The van der Waals surface area contributed by atoms with Gasteiger partial charge in [-0.15, -0.1) is 0 Å². The zero-order valence-electron chi connectivity index (χ0n) is 16.9. The standard InChI is InChI=1S/C21H27N3O5/c1-14(2)8-10-22-21(28)23-19(26)13-29-20(27)12-18-17-7-5-4-6-16(17)9-11-24(18)15(3)25/h4-7,9,11,14,18H,8,10,12-13H2,1-3H3,(H2,22,23,26,28)/t18-/m1/s1. The summed E-state index contributed by atoms with van der Waals surface area (Å²) < 4.78 is 5.00. The Labute approximate surface area is 170 Å². The van der Waals surface area contributed by atoms with Gasteiger partial charge < -0.3 is 15.0 Å². The van der Waals surface area contributed by atoms with Gasteiger partial charge in [-0.05, 0) is 29.5 Å². The number of carbonyl (C=O) groups excluding carboxylic acids is 4. The van der Waals surface area contributed by atoms with Gasteiger partial charge in [0.05, 0.1) is 12.5 Å². The van der Waals surface area contributed by atoms with Crippen LogP contribution in [0.5, 0.6) is 0 Å². The number of fused-ring (bicyclic) bond motifs is 1. The maximum absolute atomic E-state index is 12.3. The predicted octanol–water partition coefficient (Wildman–Crippen LogP) is 2.37. The fourth-order valence-corrected chi connectivity index (χ4v) is 2.96. The SMILES string of the molecule is CC(=O)N1C=Cc2ccccc2[C@H]1CC(=O)OCC(=O)NC(=O)NCCC(C)C. The van der Waals surface area contributed by atoms with Gasteiger partial charge in [-0.25, -0.2) is 4.79 Å². The molecule has 156 valence electrons. The fraction of sp³-hybridized carbons (Fsp3) is 0.429. The number of nitrogens with zero attached hydrogens (tertiary/aromatic N) is 1. The average molecular weight is 401 g/mol. The van der Waals surface area contributed by atoms with Crippen LogP contribution in [0.15, 0.2) is 30.5 Å². The monoisotopic (exact) mass is 401 g/mol. The van der Waals surface area contributed by atoms with Crippen molar-refractivity contribution in [3.63, 3.8) is 0 Å². The van der Waals surface area contributed by atoms with Crippen LogP contribution >= 0.6 is 0 Å². The van der Waals surface area contributed by atoms with E-state index in [4.69, 9.17) is 4.74 Å². The number of esters is 1. The first-order valence-corrected chi connectivity index (χ1v) is 9.57. The second-order valence-electron chi connectivity index (χ2n) is 7.24. The largest absolute Gasteiger partial charge is 0.455 e. The van der Waals surface area contributed by atoms with Crippen LogP contribution in [0.25, 0.3) is 6.08 Å². The Hall–Kier alpha value is -3.16. The van der Waals surface area contributed by atoms with Crippen molar-refractivity contribution in [2.45, 2.75) is 39.7 Å². The first-order chi connectivity index (χ1) is 13.8. The van der Waals surface area contributed by atoms with Crippen molar-refractivity contribution in [1.82, 2.24) is 15.5 Å². The number of nitrogens with one attached hydrogen (secondary N) is 2. The minimum Gasteiger partial charge on any atom is -0.455 e. The summed E-state index contributed by atoms with van der Waals surface area (Å²) in [5, 5.41) is 4.68. The molecular formula is C21H27N3O5. The normalized spacial score (nSPS) is 14.9. The molecule has 4 amide bonds. The molecule has 2 rings (SSSR count). The lowest BCUT2D eigenvalue weighted by Crippen LogP contribution is -2.42. The van der Waals surface area contributed by atoms with Crippen LogP contribution < -0.4 is 10.6 Å². The van der Waals surface area contributed by atoms with E-state index in [1.54, 1.807) is 6.20 Å². The van der Waals surface area contributed by atoms with Gasteiger partial charge >= 0.3 is 12.0 Å². The summed E-state index contributed by atoms with van der Waals surface area (Å²) in [7, 11) is 0. The average Bonchev–Trinajstić information content (AvgIpc) is 2.66. The Balaban J connectivity index is 1.86. The molecule has 29 heavy (non-hydrogen) atoms. The number of ether oxygens (including phenoxy) is 1. The van der Waals surface area contributed by atoms with E-state index >= 15 is 0 Å². The number of carbonyl (C=O) groups is 4. The first kappa shape index (κ1) is 22.1. The minimum absolute atomic E-state index is 0.102. The van der Waals surface area contributed by atoms with Gasteiger partial charge in [-0.3, -0.25) is 19.7 Å². The summed E-state index contributed by atoms with van der Waals surface area (Å²) in [4.78, 5) is 49.1. The smallest absolute Gasteiger partial charge is 0.321 e.